The van der Waals surface area contributed by atoms with Crippen molar-refractivity contribution < 1.29 is 10.0 Å². The third kappa shape index (κ3) is 1.83. The second-order valence-electron chi connectivity index (χ2n) is 3.58. The summed E-state index contributed by atoms with van der Waals surface area (Å²) in [6.07, 6.45) is 5.19. The maximum Gasteiger partial charge on any atom is 0.311 e. The summed E-state index contributed by atoms with van der Waals surface area (Å²) < 4.78 is 0. The van der Waals surface area contributed by atoms with E-state index >= 15 is 0 Å². The van der Waals surface area contributed by atoms with Crippen LogP contribution in [0.5, 0.6) is 5.75 Å². The topological polar surface area (TPSA) is 63.4 Å². The summed E-state index contributed by atoms with van der Waals surface area (Å²) in [7, 11) is 0. The van der Waals surface area contributed by atoms with Gasteiger partial charge in [0.15, 0.2) is 5.75 Å². The third-order valence-corrected chi connectivity index (χ3v) is 2.58. The van der Waals surface area contributed by atoms with Gasteiger partial charge in [-0.05, 0) is 36.5 Å². The maximum atomic E-state index is 10.6. The zero-order valence-electron chi connectivity index (χ0n) is 8.14. The number of nitro groups is 1. The number of phenolic OH excluding ortho intramolecular Hbond substituents is 1. The Balaban J connectivity index is 2.42. The van der Waals surface area contributed by atoms with Gasteiger partial charge in [0.1, 0.15) is 0 Å². The molecule has 78 valence electrons. The van der Waals surface area contributed by atoms with Gasteiger partial charge in [0, 0.05) is 6.07 Å². The molecule has 15 heavy (non-hydrogen) atoms. The Bertz CT molecular complexity index is 437. The second-order valence-corrected chi connectivity index (χ2v) is 3.58. The summed E-state index contributed by atoms with van der Waals surface area (Å²) in [5, 5.41) is 19.9. The first-order chi connectivity index (χ1) is 7.18. The number of hydrogen-bond acceptors (Lipinski definition) is 3. The predicted octanol–water partition coefficient (Wildman–Crippen LogP) is 2.87. The molecule has 1 aliphatic rings. The molecule has 2 rings (SSSR count). The van der Waals surface area contributed by atoms with Crippen molar-refractivity contribution in [2.75, 3.05) is 0 Å². The molecule has 0 spiro atoms. The number of allylic oxidation sites excluding steroid dienone is 2. The van der Waals surface area contributed by atoms with Gasteiger partial charge in [-0.1, -0.05) is 12.1 Å². The molecule has 0 atom stereocenters. The van der Waals surface area contributed by atoms with Crippen LogP contribution >= 0.6 is 0 Å². The summed E-state index contributed by atoms with van der Waals surface area (Å²) in [5.74, 6) is -0.276. The van der Waals surface area contributed by atoms with Crippen LogP contribution < -0.4 is 0 Å². The van der Waals surface area contributed by atoms with E-state index in [2.05, 4.69) is 6.08 Å². The highest BCUT2D eigenvalue weighted by Crippen LogP contribution is 2.33. The van der Waals surface area contributed by atoms with Crippen LogP contribution in [-0.2, 0) is 0 Å². The highest BCUT2D eigenvalue weighted by atomic mass is 16.6. The fourth-order valence-corrected chi connectivity index (χ4v) is 1.80. The first-order valence-corrected chi connectivity index (χ1v) is 4.85. The molecular formula is C11H11NO3. The fourth-order valence-electron chi connectivity index (χ4n) is 1.80. The molecule has 0 amide bonds. The van der Waals surface area contributed by atoms with Crippen LogP contribution in [0.2, 0.25) is 0 Å². The number of benzene rings is 1. The molecule has 4 heteroatoms. The van der Waals surface area contributed by atoms with Gasteiger partial charge in [-0.15, -0.1) is 0 Å². The quantitative estimate of drug-likeness (QED) is 0.596. The molecule has 0 bridgehead atoms. The van der Waals surface area contributed by atoms with Crippen molar-refractivity contribution in [1.29, 1.82) is 0 Å². The third-order valence-electron chi connectivity index (χ3n) is 2.58. The van der Waals surface area contributed by atoms with Crippen molar-refractivity contribution in [3.05, 3.63) is 40.0 Å². The Morgan fingerprint density at radius 1 is 1.40 bits per heavy atom. The van der Waals surface area contributed by atoms with E-state index in [0.29, 0.717) is 0 Å². The molecule has 0 aromatic heterocycles. The molecule has 1 N–H and O–H groups in total. The highest BCUT2D eigenvalue weighted by molar-refractivity contribution is 5.70. The van der Waals surface area contributed by atoms with Crippen LogP contribution in [0.3, 0.4) is 0 Å². The van der Waals surface area contributed by atoms with Crippen molar-refractivity contribution >= 4 is 11.3 Å². The number of nitro benzene ring substituents is 1. The summed E-state index contributed by atoms with van der Waals surface area (Å²) in [6.45, 7) is 0. The average molecular weight is 205 g/mol. The number of phenols is 1. The molecule has 0 saturated heterocycles. The van der Waals surface area contributed by atoms with Crippen LogP contribution in [0.15, 0.2) is 24.3 Å². The average Bonchev–Trinajstić information content (AvgIpc) is 2.71. The molecule has 0 saturated carbocycles. The molecule has 1 aromatic carbocycles. The Morgan fingerprint density at radius 2 is 2.20 bits per heavy atom. The van der Waals surface area contributed by atoms with Crippen LogP contribution in [0.1, 0.15) is 24.8 Å². The van der Waals surface area contributed by atoms with E-state index in [-0.39, 0.29) is 11.4 Å². The lowest BCUT2D eigenvalue weighted by Crippen LogP contribution is -1.90. The summed E-state index contributed by atoms with van der Waals surface area (Å²) in [5.41, 5.74) is 1.76. The standard InChI is InChI=1S/C11H11NO3/c13-11-6-5-9(7-10(11)12(14)15)8-3-1-2-4-8/h3,5-7,13H,1-2,4H2. The number of rotatable bonds is 2. The molecule has 0 radical (unpaired) electrons. The van der Waals surface area contributed by atoms with E-state index in [1.54, 1.807) is 6.07 Å². The highest BCUT2D eigenvalue weighted by Gasteiger charge is 2.16. The van der Waals surface area contributed by atoms with E-state index in [1.165, 1.54) is 12.1 Å². The van der Waals surface area contributed by atoms with Crippen LogP contribution in [0.25, 0.3) is 5.57 Å². The lowest BCUT2D eigenvalue weighted by Gasteiger charge is -2.02. The van der Waals surface area contributed by atoms with Crippen molar-refractivity contribution in [3.63, 3.8) is 0 Å². The zero-order valence-corrected chi connectivity index (χ0v) is 8.14. The molecule has 0 unspecified atom stereocenters. The van der Waals surface area contributed by atoms with Crippen LogP contribution in [0, 0.1) is 10.1 Å². The summed E-state index contributed by atoms with van der Waals surface area (Å²) >= 11 is 0. The van der Waals surface area contributed by atoms with Gasteiger partial charge < -0.3 is 5.11 Å². The van der Waals surface area contributed by atoms with Crippen molar-refractivity contribution in [1.82, 2.24) is 0 Å². The smallest absolute Gasteiger partial charge is 0.311 e. The number of nitrogens with zero attached hydrogens (tertiary/aromatic N) is 1. The first-order valence-electron chi connectivity index (χ1n) is 4.85. The minimum atomic E-state index is -0.561. The SMILES string of the molecule is O=[N+]([O-])c1cc(C2=CCCC2)ccc1O. The second kappa shape index (κ2) is 3.73. The van der Waals surface area contributed by atoms with E-state index in [4.69, 9.17) is 0 Å². The van der Waals surface area contributed by atoms with Gasteiger partial charge in [0.05, 0.1) is 4.92 Å². The Kier molecular flexibility index (Phi) is 2.41. The largest absolute Gasteiger partial charge is 0.502 e. The number of aromatic hydroxyl groups is 1. The molecule has 0 aliphatic heterocycles. The Labute approximate surface area is 87.0 Å². The molecule has 0 heterocycles. The van der Waals surface area contributed by atoms with Gasteiger partial charge >= 0.3 is 5.69 Å². The van der Waals surface area contributed by atoms with Crippen molar-refractivity contribution in [3.8, 4) is 5.75 Å². The van der Waals surface area contributed by atoms with E-state index in [0.717, 1.165) is 30.4 Å². The minimum absolute atomic E-state index is 0.222. The van der Waals surface area contributed by atoms with Gasteiger partial charge in [-0.25, -0.2) is 0 Å². The van der Waals surface area contributed by atoms with Gasteiger partial charge in [0.2, 0.25) is 0 Å². The Morgan fingerprint density at radius 3 is 2.80 bits per heavy atom. The lowest BCUT2D eigenvalue weighted by molar-refractivity contribution is -0.385. The molecule has 1 aliphatic carbocycles. The van der Waals surface area contributed by atoms with Crippen LogP contribution in [-0.4, -0.2) is 10.0 Å². The van der Waals surface area contributed by atoms with Gasteiger partial charge in [-0.3, -0.25) is 10.1 Å². The molecule has 4 nitrogen and oxygen atoms in total. The van der Waals surface area contributed by atoms with Gasteiger partial charge in [0.25, 0.3) is 0 Å². The maximum absolute atomic E-state index is 10.6. The molecule has 0 fully saturated rings. The first kappa shape index (κ1) is 9.71. The summed E-state index contributed by atoms with van der Waals surface area (Å²) in [4.78, 5) is 10.1. The van der Waals surface area contributed by atoms with E-state index < -0.39 is 4.92 Å². The minimum Gasteiger partial charge on any atom is -0.502 e. The van der Waals surface area contributed by atoms with Crippen LogP contribution in [0.4, 0.5) is 5.69 Å². The predicted molar refractivity (Wildman–Crippen MR) is 56.6 cm³/mol. The molecule has 1 aromatic rings. The number of hydrogen-bond donors (Lipinski definition) is 1. The fraction of sp³-hybridized carbons (Fsp3) is 0.273. The van der Waals surface area contributed by atoms with Crippen molar-refractivity contribution in [2.24, 2.45) is 0 Å². The summed E-state index contributed by atoms with van der Waals surface area (Å²) in [6, 6.07) is 4.54. The zero-order chi connectivity index (χ0) is 10.8. The Hall–Kier alpha value is -1.84. The lowest BCUT2D eigenvalue weighted by atomic mass is 10.0. The monoisotopic (exact) mass is 205 g/mol. The normalized spacial score (nSPS) is 15.1. The van der Waals surface area contributed by atoms with Crippen molar-refractivity contribution in [2.45, 2.75) is 19.3 Å². The van der Waals surface area contributed by atoms with E-state index in [9.17, 15) is 15.2 Å². The molecular weight excluding hydrogens is 194 g/mol. The van der Waals surface area contributed by atoms with Gasteiger partial charge in [-0.2, -0.15) is 0 Å². The van der Waals surface area contributed by atoms with E-state index in [1.807, 2.05) is 0 Å².